The summed E-state index contributed by atoms with van der Waals surface area (Å²) in [6.07, 6.45) is 2.57. The Balaban J connectivity index is 2.37. The Hall–Kier alpha value is -0.940. The lowest BCUT2D eigenvalue weighted by Crippen LogP contribution is -2.17. The summed E-state index contributed by atoms with van der Waals surface area (Å²) in [5, 5.41) is 7.38. The van der Waals surface area contributed by atoms with Crippen LogP contribution in [0.15, 0.2) is 6.33 Å². The predicted molar refractivity (Wildman–Crippen MR) is 53.9 cm³/mol. The van der Waals surface area contributed by atoms with Gasteiger partial charge in [-0.3, -0.25) is 0 Å². The standard InChI is InChI=1S/C9H18N4O/c1-3-10-7-9-11-8-12-13(9)5-4-6-14-2/h8,10H,3-7H2,1-2H3. The van der Waals surface area contributed by atoms with Crippen molar-refractivity contribution in [2.75, 3.05) is 20.3 Å². The lowest BCUT2D eigenvalue weighted by atomic mass is 10.4. The molecule has 5 heteroatoms. The molecule has 0 aliphatic heterocycles. The lowest BCUT2D eigenvalue weighted by Gasteiger charge is -2.05. The number of aromatic nitrogens is 3. The number of rotatable bonds is 7. The molecule has 0 aliphatic rings. The Morgan fingerprint density at radius 1 is 1.57 bits per heavy atom. The van der Waals surface area contributed by atoms with E-state index in [1.54, 1.807) is 13.4 Å². The lowest BCUT2D eigenvalue weighted by molar-refractivity contribution is 0.188. The van der Waals surface area contributed by atoms with Crippen LogP contribution in [-0.2, 0) is 17.8 Å². The van der Waals surface area contributed by atoms with E-state index in [0.717, 1.165) is 38.5 Å². The first-order valence-corrected chi connectivity index (χ1v) is 4.94. The average Bonchev–Trinajstić information content (AvgIpc) is 2.63. The highest BCUT2D eigenvalue weighted by Crippen LogP contribution is 1.95. The Bertz CT molecular complexity index is 249. The first kappa shape index (κ1) is 11.1. The van der Waals surface area contributed by atoms with Crippen molar-refractivity contribution in [3.63, 3.8) is 0 Å². The van der Waals surface area contributed by atoms with E-state index in [9.17, 15) is 0 Å². The largest absolute Gasteiger partial charge is 0.385 e. The highest BCUT2D eigenvalue weighted by molar-refractivity contribution is 4.83. The van der Waals surface area contributed by atoms with E-state index in [0.29, 0.717) is 0 Å². The van der Waals surface area contributed by atoms with Crippen LogP contribution < -0.4 is 5.32 Å². The first-order valence-electron chi connectivity index (χ1n) is 4.94. The SMILES string of the molecule is CCNCc1ncnn1CCCOC. The van der Waals surface area contributed by atoms with Gasteiger partial charge in [0.25, 0.3) is 0 Å². The summed E-state index contributed by atoms with van der Waals surface area (Å²) in [7, 11) is 1.71. The van der Waals surface area contributed by atoms with Crippen LogP contribution in [0.5, 0.6) is 0 Å². The molecule has 0 amide bonds. The minimum absolute atomic E-state index is 0.764. The van der Waals surface area contributed by atoms with E-state index in [-0.39, 0.29) is 0 Å². The van der Waals surface area contributed by atoms with Gasteiger partial charge in [-0.05, 0) is 13.0 Å². The van der Waals surface area contributed by atoms with Crippen molar-refractivity contribution < 1.29 is 4.74 Å². The molecule has 0 aromatic carbocycles. The van der Waals surface area contributed by atoms with E-state index in [4.69, 9.17) is 4.74 Å². The fourth-order valence-corrected chi connectivity index (χ4v) is 1.21. The predicted octanol–water partition coefficient (Wildman–Crippen LogP) is 0.424. The van der Waals surface area contributed by atoms with Crippen LogP contribution in [0.4, 0.5) is 0 Å². The van der Waals surface area contributed by atoms with Gasteiger partial charge in [-0.15, -0.1) is 0 Å². The van der Waals surface area contributed by atoms with Gasteiger partial charge in [0.05, 0.1) is 6.54 Å². The fourth-order valence-electron chi connectivity index (χ4n) is 1.21. The highest BCUT2D eigenvalue weighted by atomic mass is 16.5. The molecule has 0 aliphatic carbocycles. The van der Waals surface area contributed by atoms with Crippen molar-refractivity contribution in [2.24, 2.45) is 0 Å². The van der Waals surface area contributed by atoms with Gasteiger partial charge in [0, 0.05) is 20.3 Å². The Kier molecular flexibility index (Phi) is 5.17. The Labute approximate surface area is 84.5 Å². The molecule has 1 aromatic heterocycles. The summed E-state index contributed by atoms with van der Waals surface area (Å²) >= 11 is 0. The molecule has 14 heavy (non-hydrogen) atoms. The van der Waals surface area contributed by atoms with Crippen LogP contribution >= 0.6 is 0 Å². The molecular formula is C9H18N4O. The first-order chi connectivity index (χ1) is 6.88. The second kappa shape index (κ2) is 6.50. The van der Waals surface area contributed by atoms with Gasteiger partial charge in [-0.2, -0.15) is 5.10 Å². The van der Waals surface area contributed by atoms with Crippen LogP contribution in [0.1, 0.15) is 19.2 Å². The van der Waals surface area contributed by atoms with Gasteiger partial charge in [0.1, 0.15) is 12.2 Å². The number of hydrogen-bond donors (Lipinski definition) is 1. The van der Waals surface area contributed by atoms with Crippen LogP contribution in [-0.4, -0.2) is 35.0 Å². The molecule has 1 N–H and O–H groups in total. The molecule has 0 unspecified atom stereocenters. The second-order valence-corrected chi connectivity index (χ2v) is 3.03. The number of hydrogen-bond acceptors (Lipinski definition) is 4. The van der Waals surface area contributed by atoms with Crippen LogP contribution in [0.2, 0.25) is 0 Å². The maximum Gasteiger partial charge on any atom is 0.140 e. The second-order valence-electron chi connectivity index (χ2n) is 3.03. The molecule has 0 fully saturated rings. The molecule has 80 valence electrons. The number of aryl methyl sites for hydroxylation is 1. The topological polar surface area (TPSA) is 52.0 Å². The summed E-state index contributed by atoms with van der Waals surface area (Å²) < 4.78 is 6.90. The zero-order chi connectivity index (χ0) is 10.2. The third-order valence-electron chi connectivity index (χ3n) is 1.95. The molecule has 0 atom stereocenters. The molecule has 0 spiro atoms. The van der Waals surface area contributed by atoms with Crippen LogP contribution in [0.3, 0.4) is 0 Å². The van der Waals surface area contributed by atoms with E-state index >= 15 is 0 Å². The molecule has 0 saturated carbocycles. The van der Waals surface area contributed by atoms with Gasteiger partial charge in [0.2, 0.25) is 0 Å². The summed E-state index contributed by atoms with van der Waals surface area (Å²) in [5.74, 6) is 0.989. The van der Waals surface area contributed by atoms with Crippen molar-refractivity contribution in [1.82, 2.24) is 20.1 Å². The Morgan fingerprint density at radius 2 is 2.43 bits per heavy atom. The van der Waals surface area contributed by atoms with E-state index in [1.165, 1.54) is 0 Å². The fraction of sp³-hybridized carbons (Fsp3) is 0.778. The van der Waals surface area contributed by atoms with Crippen LogP contribution in [0.25, 0.3) is 0 Å². The monoisotopic (exact) mass is 198 g/mol. The molecular weight excluding hydrogens is 180 g/mol. The van der Waals surface area contributed by atoms with Crippen molar-refractivity contribution in [3.05, 3.63) is 12.2 Å². The number of nitrogens with zero attached hydrogens (tertiary/aromatic N) is 3. The molecule has 0 radical (unpaired) electrons. The van der Waals surface area contributed by atoms with Crippen molar-refractivity contribution in [1.29, 1.82) is 0 Å². The smallest absolute Gasteiger partial charge is 0.140 e. The van der Waals surface area contributed by atoms with Crippen molar-refractivity contribution in [3.8, 4) is 0 Å². The minimum atomic E-state index is 0.764. The zero-order valence-corrected chi connectivity index (χ0v) is 8.86. The molecule has 5 nitrogen and oxygen atoms in total. The molecule has 0 saturated heterocycles. The number of nitrogens with one attached hydrogen (secondary N) is 1. The van der Waals surface area contributed by atoms with Crippen LogP contribution in [0, 0.1) is 0 Å². The van der Waals surface area contributed by atoms with E-state index < -0.39 is 0 Å². The van der Waals surface area contributed by atoms with E-state index in [2.05, 4.69) is 22.3 Å². The minimum Gasteiger partial charge on any atom is -0.385 e. The Morgan fingerprint density at radius 3 is 3.14 bits per heavy atom. The maximum absolute atomic E-state index is 4.98. The number of methoxy groups -OCH3 is 1. The highest BCUT2D eigenvalue weighted by Gasteiger charge is 2.02. The molecule has 1 aromatic rings. The normalized spacial score (nSPS) is 10.7. The maximum atomic E-state index is 4.98. The molecule has 1 heterocycles. The third-order valence-corrected chi connectivity index (χ3v) is 1.95. The molecule has 1 rings (SSSR count). The quantitative estimate of drug-likeness (QED) is 0.645. The van der Waals surface area contributed by atoms with Gasteiger partial charge in [-0.1, -0.05) is 6.92 Å². The third kappa shape index (κ3) is 3.43. The summed E-state index contributed by atoms with van der Waals surface area (Å²) in [5.41, 5.74) is 0. The van der Waals surface area contributed by atoms with Gasteiger partial charge in [-0.25, -0.2) is 9.67 Å². The van der Waals surface area contributed by atoms with Gasteiger partial charge >= 0.3 is 0 Å². The zero-order valence-electron chi connectivity index (χ0n) is 8.86. The van der Waals surface area contributed by atoms with Crippen molar-refractivity contribution >= 4 is 0 Å². The van der Waals surface area contributed by atoms with Gasteiger partial charge < -0.3 is 10.1 Å². The average molecular weight is 198 g/mol. The summed E-state index contributed by atoms with van der Waals surface area (Å²) in [4.78, 5) is 4.18. The van der Waals surface area contributed by atoms with E-state index in [1.807, 2.05) is 4.68 Å². The van der Waals surface area contributed by atoms with Gasteiger partial charge in [0.15, 0.2) is 0 Å². The summed E-state index contributed by atoms with van der Waals surface area (Å²) in [6.45, 7) is 5.44. The number of ether oxygens (including phenoxy) is 1. The van der Waals surface area contributed by atoms with Crippen molar-refractivity contribution in [2.45, 2.75) is 26.4 Å². The summed E-state index contributed by atoms with van der Waals surface area (Å²) in [6, 6.07) is 0. The molecule has 0 bridgehead atoms.